The molecule has 0 aromatic carbocycles. The average molecular weight is 265 g/mol. The normalized spacial score (nSPS) is 11.2. The van der Waals surface area contributed by atoms with Gasteiger partial charge in [0.05, 0.1) is 11.9 Å². The Morgan fingerprint density at radius 3 is 2.58 bits per heavy atom. The molecule has 0 bridgehead atoms. The van der Waals surface area contributed by atoms with Crippen LogP contribution in [0.1, 0.15) is 39.7 Å². The van der Waals surface area contributed by atoms with Crippen LogP contribution >= 0.6 is 0 Å². The lowest BCUT2D eigenvalue weighted by Crippen LogP contribution is -2.37. The maximum absolute atomic E-state index is 12.2. The Bertz CT molecular complexity index is 452. The smallest absolute Gasteiger partial charge is 0.416 e. The largest absolute Gasteiger partial charge is 0.443 e. The van der Waals surface area contributed by atoms with E-state index >= 15 is 0 Å². The number of aromatic nitrogens is 1. The van der Waals surface area contributed by atoms with Crippen LogP contribution < -0.4 is 10.6 Å². The van der Waals surface area contributed by atoms with Crippen molar-refractivity contribution < 1.29 is 9.53 Å². The van der Waals surface area contributed by atoms with Crippen LogP contribution in [0.3, 0.4) is 0 Å². The van der Waals surface area contributed by atoms with Crippen molar-refractivity contribution in [1.29, 1.82) is 0 Å². The van der Waals surface area contributed by atoms with Crippen molar-refractivity contribution in [2.45, 2.75) is 46.6 Å². The molecule has 0 atom stereocenters. The van der Waals surface area contributed by atoms with Crippen LogP contribution in [0.25, 0.3) is 0 Å². The highest BCUT2D eigenvalue weighted by atomic mass is 16.6. The van der Waals surface area contributed by atoms with Crippen molar-refractivity contribution in [3.63, 3.8) is 0 Å². The quantitative estimate of drug-likeness (QED) is 0.911. The van der Waals surface area contributed by atoms with Gasteiger partial charge in [-0.2, -0.15) is 0 Å². The fourth-order valence-corrected chi connectivity index (χ4v) is 1.54. The zero-order valence-electron chi connectivity index (χ0n) is 12.4. The van der Waals surface area contributed by atoms with Crippen LogP contribution in [0.2, 0.25) is 0 Å². The van der Waals surface area contributed by atoms with Crippen molar-refractivity contribution in [2.75, 3.05) is 17.2 Å². The molecule has 5 nitrogen and oxygen atoms in total. The van der Waals surface area contributed by atoms with Crippen molar-refractivity contribution >= 4 is 17.6 Å². The van der Waals surface area contributed by atoms with Crippen molar-refractivity contribution in [3.05, 3.63) is 17.8 Å². The van der Waals surface area contributed by atoms with E-state index < -0.39 is 5.60 Å². The molecule has 2 N–H and O–H groups in total. The molecule has 1 aromatic rings. The van der Waals surface area contributed by atoms with E-state index in [1.54, 1.807) is 12.3 Å². The summed E-state index contributed by atoms with van der Waals surface area (Å²) in [6.45, 7) is 9.98. The highest BCUT2D eigenvalue weighted by molar-refractivity contribution is 5.87. The number of amides is 1. The maximum Gasteiger partial charge on any atom is 0.416 e. The molecule has 106 valence electrons. The third-order valence-electron chi connectivity index (χ3n) is 2.47. The van der Waals surface area contributed by atoms with Gasteiger partial charge in [-0.3, -0.25) is 4.90 Å². The number of hydrogen-bond acceptors (Lipinski definition) is 4. The number of aryl methyl sites for hydroxylation is 1. The molecule has 0 saturated heterocycles. The second-order valence-electron chi connectivity index (χ2n) is 5.53. The van der Waals surface area contributed by atoms with Crippen LogP contribution in [0.4, 0.5) is 16.3 Å². The van der Waals surface area contributed by atoms with Gasteiger partial charge in [-0.15, -0.1) is 0 Å². The van der Waals surface area contributed by atoms with E-state index in [0.29, 0.717) is 18.1 Å². The summed E-state index contributed by atoms with van der Waals surface area (Å²) >= 11 is 0. The third kappa shape index (κ3) is 4.43. The first-order valence-electron chi connectivity index (χ1n) is 6.47. The maximum atomic E-state index is 12.2. The standard InChI is InChI=1S/C14H23N3O2/c1-6-7-17(13(18)19-14(3,4)5)12-8-10(2)11(15)9-16-12/h8-9H,6-7,15H2,1-5H3. The first-order chi connectivity index (χ1) is 8.74. The number of hydrogen-bond donors (Lipinski definition) is 1. The van der Waals surface area contributed by atoms with Crippen molar-refractivity contribution in [2.24, 2.45) is 0 Å². The van der Waals surface area contributed by atoms with E-state index in [9.17, 15) is 4.79 Å². The van der Waals surface area contributed by atoms with Gasteiger partial charge in [0.25, 0.3) is 0 Å². The SMILES string of the molecule is CCCN(C(=O)OC(C)(C)C)c1cc(C)c(N)cn1. The van der Waals surface area contributed by atoms with Crippen molar-refractivity contribution in [1.82, 2.24) is 4.98 Å². The van der Waals surface area contributed by atoms with E-state index in [0.717, 1.165) is 12.0 Å². The minimum absolute atomic E-state index is 0.383. The predicted octanol–water partition coefficient (Wildman–Crippen LogP) is 3.12. The van der Waals surface area contributed by atoms with Gasteiger partial charge < -0.3 is 10.5 Å². The second kappa shape index (κ2) is 5.91. The molecule has 1 rings (SSSR count). The summed E-state index contributed by atoms with van der Waals surface area (Å²) in [6.07, 6.45) is 2.01. The Balaban J connectivity index is 2.99. The first kappa shape index (κ1) is 15.3. The highest BCUT2D eigenvalue weighted by Gasteiger charge is 2.23. The Labute approximate surface area is 114 Å². The van der Waals surface area contributed by atoms with Gasteiger partial charge in [-0.1, -0.05) is 6.92 Å². The molecule has 0 aliphatic rings. The number of nitrogens with zero attached hydrogens (tertiary/aromatic N) is 2. The van der Waals surface area contributed by atoms with Gasteiger partial charge in [0, 0.05) is 6.54 Å². The molecular weight excluding hydrogens is 242 g/mol. The zero-order chi connectivity index (χ0) is 14.6. The molecule has 19 heavy (non-hydrogen) atoms. The number of nitrogen functional groups attached to an aromatic ring is 1. The molecule has 5 heteroatoms. The van der Waals surface area contributed by atoms with E-state index in [2.05, 4.69) is 4.98 Å². The molecule has 0 aliphatic heterocycles. The van der Waals surface area contributed by atoms with Gasteiger partial charge in [0.15, 0.2) is 0 Å². The van der Waals surface area contributed by atoms with Gasteiger partial charge in [-0.05, 0) is 45.7 Å². The summed E-state index contributed by atoms with van der Waals surface area (Å²) < 4.78 is 5.39. The van der Waals surface area contributed by atoms with Gasteiger partial charge in [-0.25, -0.2) is 9.78 Å². The summed E-state index contributed by atoms with van der Waals surface area (Å²) in [4.78, 5) is 17.9. The minimum atomic E-state index is -0.522. The van der Waals surface area contributed by atoms with Crippen LogP contribution in [0.15, 0.2) is 12.3 Å². The predicted molar refractivity (Wildman–Crippen MR) is 77.3 cm³/mol. The van der Waals surface area contributed by atoms with Gasteiger partial charge >= 0.3 is 6.09 Å². The van der Waals surface area contributed by atoms with E-state index in [1.165, 1.54) is 4.90 Å². The number of nitrogens with two attached hydrogens (primary N) is 1. The number of anilines is 2. The lowest BCUT2D eigenvalue weighted by Gasteiger charge is -2.26. The number of rotatable bonds is 3. The average Bonchev–Trinajstić information content (AvgIpc) is 2.27. The van der Waals surface area contributed by atoms with E-state index in [4.69, 9.17) is 10.5 Å². The van der Waals surface area contributed by atoms with Crippen LogP contribution in [-0.4, -0.2) is 23.2 Å². The zero-order valence-corrected chi connectivity index (χ0v) is 12.4. The Hall–Kier alpha value is -1.78. The highest BCUT2D eigenvalue weighted by Crippen LogP contribution is 2.20. The fraction of sp³-hybridized carbons (Fsp3) is 0.571. The van der Waals surface area contributed by atoms with Crippen LogP contribution in [0.5, 0.6) is 0 Å². The molecule has 0 fully saturated rings. The molecular formula is C14H23N3O2. The first-order valence-corrected chi connectivity index (χ1v) is 6.47. The topological polar surface area (TPSA) is 68.5 Å². The molecule has 1 heterocycles. The second-order valence-corrected chi connectivity index (χ2v) is 5.53. The van der Waals surface area contributed by atoms with Gasteiger partial charge in [0.1, 0.15) is 11.4 Å². The number of ether oxygens (including phenoxy) is 1. The third-order valence-corrected chi connectivity index (χ3v) is 2.47. The van der Waals surface area contributed by atoms with E-state index in [1.807, 2.05) is 34.6 Å². The van der Waals surface area contributed by atoms with Crippen LogP contribution in [-0.2, 0) is 4.74 Å². The number of carbonyl (C=O) groups excluding carboxylic acids is 1. The monoisotopic (exact) mass is 265 g/mol. The summed E-state index contributed by atoms with van der Waals surface area (Å²) in [7, 11) is 0. The molecule has 0 saturated carbocycles. The number of carbonyl (C=O) groups is 1. The van der Waals surface area contributed by atoms with Gasteiger partial charge in [0.2, 0.25) is 0 Å². The Kier molecular flexibility index (Phi) is 4.75. The lowest BCUT2D eigenvalue weighted by molar-refractivity contribution is 0.0579. The van der Waals surface area contributed by atoms with E-state index in [-0.39, 0.29) is 6.09 Å². The molecule has 0 radical (unpaired) electrons. The fourth-order valence-electron chi connectivity index (χ4n) is 1.54. The Morgan fingerprint density at radius 2 is 2.11 bits per heavy atom. The molecule has 1 aromatic heterocycles. The summed E-state index contributed by atoms with van der Waals surface area (Å²) in [5, 5.41) is 0. The lowest BCUT2D eigenvalue weighted by atomic mass is 10.2. The summed E-state index contributed by atoms with van der Waals surface area (Å²) in [5.41, 5.74) is 6.73. The molecule has 0 unspecified atom stereocenters. The minimum Gasteiger partial charge on any atom is -0.443 e. The molecule has 0 spiro atoms. The van der Waals surface area contributed by atoms with Crippen molar-refractivity contribution in [3.8, 4) is 0 Å². The van der Waals surface area contributed by atoms with Crippen LogP contribution in [0, 0.1) is 6.92 Å². The number of pyridine rings is 1. The molecule has 1 amide bonds. The summed E-state index contributed by atoms with van der Waals surface area (Å²) in [6, 6.07) is 1.80. The Morgan fingerprint density at radius 1 is 1.47 bits per heavy atom. The summed E-state index contributed by atoms with van der Waals surface area (Å²) in [5.74, 6) is 0.572. The molecule has 0 aliphatic carbocycles.